The molecule has 1 saturated carbocycles. The molecule has 0 radical (unpaired) electrons. The molecule has 0 aromatic rings. The molecule has 130 valence electrons. The van der Waals surface area contributed by atoms with E-state index in [4.69, 9.17) is 0 Å². The SMILES string of the molecule is COC(=O)/C=C1/S/C(=N/C2=NCN(C3CCCCC3)CN2)NC1=O. The molecule has 1 amide bonds. The fraction of sp³-hybridized carbons (Fsp3) is 0.600. The van der Waals surface area contributed by atoms with Gasteiger partial charge in [0.2, 0.25) is 5.96 Å². The second-order valence-electron chi connectivity index (χ2n) is 5.84. The summed E-state index contributed by atoms with van der Waals surface area (Å²) in [6.07, 6.45) is 7.53. The third-order valence-electron chi connectivity index (χ3n) is 4.24. The highest BCUT2D eigenvalue weighted by Crippen LogP contribution is 2.24. The molecule has 9 heteroatoms. The number of guanidine groups is 1. The van der Waals surface area contributed by atoms with E-state index in [1.54, 1.807) is 0 Å². The molecule has 8 nitrogen and oxygen atoms in total. The second kappa shape index (κ2) is 7.80. The Morgan fingerprint density at radius 1 is 1.42 bits per heavy atom. The zero-order valence-corrected chi connectivity index (χ0v) is 14.4. The van der Waals surface area contributed by atoms with E-state index in [9.17, 15) is 9.59 Å². The first kappa shape index (κ1) is 17.0. The lowest BCUT2D eigenvalue weighted by Crippen LogP contribution is -2.48. The Morgan fingerprint density at radius 3 is 2.88 bits per heavy atom. The fourth-order valence-corrected chi connectivity index (χ4v) is 3.73. The van der Waals surface area contributed by atoms with Crippen LogP contribution >= 0.6 is 11.8 Å². The quantitative estimate of drug-likeness (QED) is 0.564. The number of rotatable bonds is 2. The number of carbonyl (C=O) groups is 2. The fourth-order valence-electron chi connectivity index (χ4n) is 2.94. The molecule has 1 saturated heterocycles. The van der Waals surface area contributed by atoms with Gasteiger partial charge in [-0.05, 0) is 24.6 Å². The molecule has 0 spiro atoms. The molecule has 0 atom stereocenters. The van der Waals surface area contributed by atoms with Crippen molar-refractivity contribution in [2.45, 2.75) is 38.1 Å². The smallest absolute Gasteiger partial charge is 0.331 e. The minimum Gasteiger partial charge on any atom is -0.466 e. The molecule has 0 aromatic carbocycles. The third-order valence-corrected chi connectivity index (χ3v) is 5.15. The summed E-state index contributed by atoms with van der Waals surface area (Å²) in [6.45, 7) is 1.33. The van der Waals surface area contributed by atoms with Crippen LogP contribution in [0.1, 0.15) is 32.1 Å². The molecule has 1 aliphatic carbocycles. The van der Waals surface area contributed by atoms with Crippen LogP contribution < -0.4 is 10.6 Å². The van der Waals surface area contributed by atoms with Crippen molar-refractivity contribution in [1.29, 1.82) is 0 Å². The van der Waals surface area contributed by atoms with Gasteiger partial charge in [0.1, 0.15) is 0 Å². The standard InChI is InChI=1S/C15H21N5O3S/c1-23-12(21)7-11-13(22)18-15(24-11)19-14-16-8-20(9-17-14)10-5-3-2-4-6-10/h7,10H,2-6,8-9H2,1H3,(H2,16,17,18,19,22)/b11-7+. The van der Waals surface area contributed by atoms with E-state index in [0.717, 1.165) is 17.8 Å². The molecular weight excluding hydrogens is 330 g/mol. The van der Waals surface area contributed by atoms with E-state index in [1.165, 1.54) is 39.2 Å². The van der Waals surface area contributed by atoms with E-state index in [1.807, 2.05) is 0 Å². The molecule has 3 aliphatic rings. The molecule has 0 unspecified atom stereocenters. The van der Waals surface area contributed by atoms with Gasteiger partial charge in [0.05, 0.1) is 25.4 Å². The van der Waals surface area contributed by atoms with Gasteiger partial charge < -0.3 is 15.4 Å². The van der Waals surface area contributed by atoms with Gasteiger partial charge in [-0.1, -0.05) is 19.3 Å². The first-order valence-electron chi connectivity index (χ1n) is 8.05. The Morgan fingerprint density at radius 2 is 2.21 bits per heavy atom. The summed E-state index contributed by atoms with van der Waals surface area (Å²) in [5.41, 5.74) is 0. The van der Waals surface area contributed by atoms with E-state index in [0.29, 0.717) is 30.5 Å². The Balaban J connectivity index is 1.59. The van der Waals surface area contributed by atoms with Crippen LogP contribution in [-0.4, -0.2) is 54.4 Å². The molecule has 0 aromatic heterocycles. The minimum absolute atomic E-state index is 0.265. The number of esters is 1. The summed E-state index contributed by atoms with van der Waals surface area (Å²) in [7, 11) is 1.27. The molecule has 24 heavy (non-hydrogen) atoms. The highest BCUT2D eigenvalue weighted by molar-refractivity contribution is 8.18. The van der Waals surface area contributed by atoms with Gasteiger partial charge in [-0.2, -0.15) is 4.99 Å². The van der Waals surface area contributed by atoms with Crippen molar-refractivity contribution in [3.63, 3.8) is 0 Å². The number of aliphatic imine (C=N–C) groups is 2. The van der Waals surface area contributed by atoms with Gasteiger partial charge in [0, 0.05) is 12.1 Å². The third kappa shape index (κ3) is 4.15. The van der Waals surface area contributed by atoms with Gasteiger partial charge in [-0.25, -0.2) is 9.79 Å². The van der Waals surface area contributed by atoms with Crippen LogP contribution in [0.15, 0.2) is 21.0 Å². The average molecular weight is 351 g/mol. The van der Waals surface area contributed by atoms with Crippen molar-refractivity contribution in [3.8, 4) is 0 Å². The van der Waals surface area contributed by atoms with Crippen molar-refractivity contribution in [2.24, 2.45) is 9.98 Å². The first-order valence-corrected chi connectivity index (χ1v) is 8.87. The lowest BCUT2D eigenvalue weighted by Gasteiger charge is -2.35. The Kier molecular flexibility index (Phi) is 5.52. The monoisotopic (exact) mass is 351 g/mol. The summed E-state index contributed by atoms with van der Waals surface area (Å²) >= 11 is 1.10. The first-order chi connectivity index (χ1) is 11.7. The largest absolute Gasteiger partial charge is 0.466 e. The number of methoxy groups -OCH3 is 1. The number of nitrogens with one attached hydrogen (secondary N) is 2. The zero-order chi connectivity index (χ0) is 16.9. The van der Waals surface area contributed by atoms with Gasteiger partial charge in [0.15, 0.2) is 5.17 Å². The Bertz CT molecular complexity index is 610. The molecule has 2 heterocycles. The van der Waals surface area contributed by atoms with Crippen LogP contribution in [0.5, 0.6) is 0 Å². The number of hydrogen-bond donors (Lipinski definition) is 2. The van der Waals surface area contributed by atoms with Gasteiger partial charge in [-0.15, -0.1) is 0 Å². The van der Waals surface area contributed by atoms with Gasteiger partial charge in [-0.3, -0.25) is 9.69 Å². The van der Waals surface area contributed by atoms with Gasteiger partial charge in [0.25, 0.3) is 5.91 Å². The highest BCUT2D eigenvalue weighted by Gasteiger charge is 2.27. The zero-order valence-electron chi connectivity index (χ0n) is 13.6. The summed E-state index contributed by atoms with van der Waals surface area (Å²) in [5.74, 6) is -0.418. The topological polar surface area (TPSA) is 95.4 Å². The van der Waals surface area contributed by atoms with Crippen LogP contribution in [-0.2, 0) is 14.3 Å². The molecule has 3 rings (SSSR count). The summed E-state index contributed by atoms with van der Waals surface area (Å²) < 4.78 is 4.52. The van der Waals surface area contributed by atoms with E-state index >= 15 is 0 Å². The minimum atomic E-state index is -0.565. The molecule has 2 N–H and O–H groups in total. The number of hydrogen-bond acceptors (Lipinski definition) is 8. The van der Waals surface area contributed by atoms with E-state index < -0.39 is 5.97 Å². The average Bonchev–Trinajstić information content (AvgIpc) is 2.95. The molecule has 2 aliphatic heterocycles. The number of ether oxygens (including phenoxy) is 1. The lowest BCUT2D eigenvalue weighted by atomic mass is 9.94. The maximum absolute atomic E-state index is 11.8. The predicted octanol–water partition coefficient (Wildman–Crippen LogP) is 0.771. The Hall–Kier alpha value is -1.87. The van der Waals surface area contributed by atoms with E-state index in [2.05, 4.69) is 30.3 Å². The van der Waals surface area contributed by atoms with Gasteiger partial charge >= 0.3 is 5.97 Å². The lowest BCUT2D eigenvalue weighted by molar-refractivity contribution is -0.135. The van der Waals surface area contributed by atoms with Crippen molar-refractivity contribution in [1.82, 2.24) is 15.5 Å². The molecular formula is C15H21N5O3S. The number of amidine groups is 1. The van der Waals surface area contributed by atoms with Crippen LogP contribution in [0.2, 0.25) is 0 Å². The summed E-state index contributed by atoms with van der Waals surface area (Å²) in [6, 6.07) is 0.597. The van der Waals surface area contributed by atoms with E-state index in [-0.39, 0.29) is 10.8 Å². The summed E-state index contributed by atoms with van der Waals surface area (Å²) in [4.78, 5) is 34.4. The van der Waals surface area contributed by atoms with Crippen molar-refractivity contribution in [2.75, 3.05) is 20.4 Å². The summed E-state index contributed by atoms with van der Waals surface area (Å²) in [5, 5.41) is 6.22. The van der Waals surface area contributed by atoms with Crippen molar-refractivity contribution < 1.29 is 14.3 Å². The number of carbonyl (C=O) groups excluding carboxylic acids is 2. The van der Waals surface area contributed by atoms with Crippen LogP contribution in [0, 0.1) is 0 Å². The maximum Gasteiger partial charge on any atom is 0.331 e. The second-order valence-corrected chi connectivity index (χ2v) is 6.87. The number of nitrogens with zero attached hydrogens (tertiary/aromatic N) is 3. The van der Waals surface area contributed by atoms with Crippen LogP contribution in [0.25, 0.3) is 0 Å². The maximum atomic E-state index is 11.8. The number of amides is 1. The van der Waals surface area contributed by atoms with Crippen LogP contribution in [0.4, 0.5) is 0 Å². The van der Waals surface area contributed by atoms with Crippen molar-refractivity contribution in [3.05, 3.63) is 11.0 Å². The Labute approximate surface area is 144 Å². The molecule has 0 bridgehead atoms. The van der Waals surface area contributed by atoms with Crippen LogP contribution in [0.3, 0.4) is 0 Å². The highest BCUT2D eigenvalue weighted by atomic mass is 32.2. The number of thioether (sulfide) groups is 1. The normalized spacial score (nSPS) is 26.2. The molecule has 2 fully saturated rings. The van der Waals surface area contributed by atoms with Crippen molar-refractivity contribution >= 4 is 34.8 Å². The predicted molar refractivity (Wildman–Crippen MR) is 92.3 cm³/mol.